The maximum Gasteiger partial charge on any atom is -0.00803 e. The lowest BCUT2D eigenvalue weighted by atomic mass is 10.1. The molecule has 0 fully saturated rings. The number of hydrogen-bond donors (Lipinski definition) is 1. The molecule has 2 N–H and O–H groups in total. The minimum Gasteiger partial charge on any atom is -0.405 e. The molecular formula is C9H11N. The van der Waals surface area contributed by atoms with Crippen LogP contribution in [0.4, 0.5) is 0 Å². The van der Waals surface area contributed by atoms with Crippen LogP contribution in [0.3, 0.4) is 0 Å². The first kappa shape index (κ1) is 6.87. The Kier molecular flexibility index (Phi) is 2.56. The van der Waals surface area contributed by atoms with Crippen molar-refractivity contribution in [2.45, 2.75) is 6.42 Å². The van der Waals surface area contributed by atoms with E-state index in [-0.39, 0.29) is 0 Å². The van der Waals surface area contributed by atoms with E-state index in [9.17, 15) is 0 Å². The molecule has 0 unspecified atom stereocenters. The van der Waals surface area contributed by atoms with Gasteiger partial charge >= 0.3 is 0 Å². The van der Waals surface area contributed by atoms with Gasteiger partial charge in [0.15, 0.2) is 0 Å². The van der Waals surface area contributed by atoms with Crippen molar-refractivity contribution in [2.75, 3.05) is 0 Å². The second-order valence-corrected chi connectivity index (χ2v) is 2.12. The zero-order valence-corrected chi connectivity index (χ0v) is 5.83. The Morgan fingerprint density at radius 3 is 2.50 bits per heavy atom. The molecule has 0 aliphatic rings. The van der Waals surface area contributed by atoms with Gasteiger partial charge in [-0.25, -0.2) is 0 Å². The van der Waals surface area contributed by atoms with Gasteiger partial charge in [0.05, 0.1) is 0 Å². The summed E-state index contributed by atoms with van der Waals surface area (Å²) in [7, 11) is 0. The summed E-state index contributed by atoms with van der Waals surface area (Å²) in [5.74, 6) is 0. The van der Waals surface area contributed by atoms with Crippen molar-refractivity contribution in [3.05, 3.63) is 48.2 Å². The molecule has 1 rings (SSSR count). The van der Waals surface area contributed by atoms with E-state index in [1.54, 1.807) is 6.20 Å². The van der Waals surface area contributed by atoms with Crippen LogP contribution < -0.4 is 5.73 Å². The maximum absolute atomic E-state index is 5.20. The summed E-state index contributed by atoms with van der Waals surface area (Å²) < 4.78 is 0. The molecule has 1 aromatic carbocycles. The van der Waals surface area contributed by atoms with Crippen LogP contribution in [0.1, 0.15) is 5.56 Å². The SMILES string of the molecule is NC=CCc1ccccc1. The van der Waals surface area contributed by atoms with Crippen LogP contribution in [0.2, 0.25) is 0 Å². The third-order valence-electron chi connectivity index (χ3n) is 1.33. The standard InChI is InChI=1S/C9H11N/c10-8-4-7-9-5-2-1-3-6-9/h1-6,8H,7,10H2. The zero-order valence-electron chi connectivity index (χ0n) is 5.83. The van der Waals surface area contributed by atoms with Gasteiger partial charge in [-0.15, -0.1) is 0 Å². The number of rotatable bonds is 2. The van der Waals surface area contributed by atoms with Gasteiger partial charge in [-0.2, -0.15) is 0 Å². The van der Waals surface area contributed by atoms with Crippen molar-refractivity contribution in [2.24, 2.45) is 5.73 Å². The monoisotopic (exact) mass is 133 g/mol. The van der Waals surface area contributed by atoms with Gasteiger partial charge in [0.1, 0.15) is 0 Å². The molecule has 0 amide bonds. The van der Waals surface area contributed by atoms with Crippen LogP contribution in [-0.2, 0) is 6.42 Å². The lowest BCUT2D eigenvalue weighted by molar-refractivity contribution is 1.26. The van der Waals surface area contributed by atoms with Crippen molar-refractivity contribution in [1.29, 1.82) is 0 Å². The topological polar surface area (TPSA) is 26.0 Å². The van der Waals surface area contributed by atoms with Crippen LogP contribution in [0.25, 0.3) is 0 Å². The van der Waals surface area contributed by atoms with Gasteiger partial charge in [0.2, 0.25) is 0 Å². The molecule has 0 spiro atoms. The Bertz CT molecular complexity index is 201. The normalized spacial score (nSPS) is 10.4. The fraction of sp³-hybridized carbons (Fsp3) is 0.111. The van der Waals surface area contributed by atoms with Crippen LogP contribution in [-0.4, -0.2) is 0 Å². The molecule has 1 aromatic rings. The number of hydrogen-bond acceptors (Lipinski definition) is 1. The van der Waals surface area contributed by atoms with E-state index in [0.717, 1.165) is 6.42 Å². The predicted molar refractivity (Wildman–Crippen MR) is 43.5 cm³/mol. The molecule has 0 saturated carbocycles. The molecule has 10 heavy (non-hydrogen) atoms. The Morgan fingerprint density at radius 2 is 1.90 bits per heavy atom. The first-order chi connectivity index (χ1) is 4.93. The maximum atomic E-state index is 5.20. The van der Waals surface area contributed by atoms with Gasteiger partial charge in [-0.3, -0.25) is 0 Å². The fourth-order valence-corrected chi connectivity index (χ4v) is 0.818. The Hall–Kier alpha value is -1.24. The molecule has 0 aliphatic heterocycles. The van der Waals surface area contributed by atoms with Gasteiger partial charge in [-0.05, 0) is 18.2 Å². The van der Waals surface area contributed by atoms with Crippen LogP contribution in [0.15, 0.2) is 42.6 Å². The minimum atomic E-state index is 0.928. The summed E-state index contributed by atoms with van der Waals surface area (Å²) in [5.41, 5.74) is 6.49. The predicted octanol–water partition coefficient (Wildman–Crippen LogP) is 1.70. The van der Waals surface area contributed by atoms with Crippen molar-refractivity contribution >= 4 is 0 Å². The Labute approximate surface area is 61.2 Å². The summed E-state index contributed by atoms with van der Waals surface area (Å²) in [6.07, 6.45) is 4.44. The second-order valence-electron chi connectivity index (χ2n) is 2.12. The first-order valence-electron chi connectivity index (χ1n) is 3.34. The fourth-order valence-electron chi connectivity index (χ4n) is 0.818. The van der Waals surface area contributed by atoms with Crippen molar-refractivity contribution in [1.82, 2.24) is 0 Å². The molecule has 0 bridgehead atoms. The molecular weight excluding hydrogens is 122 g/mol. The van der Waals surface area contributed by atoms with E-state index < -0.39 is 0 Å². The molecule has 0 saturated heterocycles. The van der Waals surface area contributed by atoms with E-state index >= 15 is 0 Å². The van der Waals surface area contributed by atoms with E-state index in [1.807, 2.05) is 24.3 Å². The molecule has 0 aromatic heterocycles. The third-order valence-corrected chi connectivity index (χ3v) is 1.33. The van der Waals surface area contributed by atoms with Crippen LogP contribution >= 0.6 is 0 Å². The van der Waals surface area contributed by atoms with E-state index in [0.29, 0.717) is 0 Å². The van der Waals surface area contributed by atoms with E-state index in [1.165, 1.54) is 5.56 Å². The molecule has 0 radical (unpaired) electrons. The average molecular weight is 133 g/mol. The summed E-state index contributed by atoms with van der Waals surface area (Å²) in [4.78, 5) is 0. The van der Waals surface area contributed by atoms with E-state index in [2.05, 4.69) is 12.1 Å². The summed E-state index contributed by atoms with van der Waals surface area (Å²) in [6.45, 7) is 0. The summed E-state index contributed by atoms with van der Waals surface area (Å²) >= 11 is 0. The summed E-state index contributed by atoms with van der Waals surface area (Å²) in [6, 6.07) is 10.2. The third kappa shape index (κ3) is 1.94. The summed E-state index contributed by atoms with van der Waals surface area (Å²) in [5, 5.41) is 0. The smallest absolute Gasteiger partial charge is 0.00803 e. The molecule has 0 aliphatic carbocycles. The lowest BCUT2D eigenvalue weighted by Gasteiger charge is -1.91. The van der Waals surface area contributed by atoms with Crippen molar-refractivity contribution in [3.63, 3.8) is 0 Å². The molecule has 52 valence electrons. The highest BCUT2D eigenvalue weighted by molar-refractivity contribution is 5.17. The molecule has 0 heterocycles. The number of allylic oxidation sites excluding steroid dienone is 1. The second kappa shape index (κ2) is 3.72. The molecule has 1 heteroatoms. The quantitative estimate of drug-likeness (QED) is 0.653. The zero-order chi connectivity index (χ0) is 7.23. The molecule has 0 atom stereocenters. The van der Waals surface area contributed by atoms with Crippen molar-refractivity contribution < 1.29 is 0 Å². The van der Waals surface area contributed by atoms with Gasteiger partial charge < -0.3 is 5.73 Å². The highest BCUT2D eigenvalue weighted by Crippen LogP contribution is 1.98. The average Bonchev–Trinajstić information content (AvgIpc) is 2.03. The van der Waals surface area contributed by atoms with Gasteiger partial charge in [0.25, 0.3) is 0 Å². The van der Waals surface area contributed by atoms with Gasteiger partial charge in [-0.1, -0.05) is 36.4 Å². The minimum absolute atomic E-state index is 0.928. The highest BCUT2D eigenvalue weighted by Gasteiger charge is 1.83. The number of benzene rings is 1. The van der Waals surface area contributed by atoms with E-state index in [4.69, 9.17) is 5.73 Å². The van der Waals surface area contributed by atoms with Crippen LogP contribution in [0.5, 0.6) is 0 Å². The largest absolute Gasteiger partial charge is 0.405 e. The van der Waals surface area contributed by atoms with Gasteiger partial charge in [0, 0.05) is 0 Å². The van der Waals surface area contributed by atoms with Crippen LogP contribution in [0, 0.1) is 0 Å². The number of nitrogens with two attached hydrogens (primary N) is 1. The first-order valence-corrected chi connectivity index (χ1v) is 3.34. The Balaban J connectivity index is 2.59. The Morgan fingerprint density at radius 1 is 1.20 bits per heavy atom. The van der Waals surface area contributed by atoms with Crippen molar-refractivity contribution in [3.8, 4) is 0 Å². The highest BCUT2D eigenvalue weighted by atomic mass is 14.5. The lowest BCUT2D eigenvalue weighted by Crippen LogP contribution is -1.81. The molecule has 1 nitrogen and oxygen atoms in total.